The van der Waals surface area contributed by atoms with Gasteiger partial charge in [0.15, 0.2) is 0 Å². The number of fused-ring (bicyclic) bond motifs is 1. The average molecular weight is 350 g/mol. The molecule has 0 unspecified atom stereocenters. The van der Waals surface area contributed by atoms with Gasteiger partial charge in [-0.2, -0.15) is 0 Å². The van der Waals surface area contributed by atoms with E-state index >= 15 is 0 Å². The van der Waals surface area contributed by atoms with E-state index in [4.69, 9.17) is 4.42 Å². The van der Waals surface area contributed by atoms with Crippen LogP contribution in [0.1, 0.15) is 24.3 Å². The Morgan fingerprint density at radius 2 is 1.88 bits per heavy atom. The van der Waals surface area contributed by atoms with Crippen molar-refractivity contribution < 1.29 is 14.1 Å². The highest BCUT2D eigenvalue weighted by molar-refractivity contribution is 5.92. The van der Waals surface area contributed by atoms with E-state index < -0.39 is 4.92 Å². The van der Waals surface area contributed by atoms with Gasteiger partial charge in [0.25, 0.3) is 5.69 Å². The fourth-order valence-electron chi connectivity index (χ4n) is 2.66. The van der Waals surface area contributed by atoms with Gasteiger partial charge in [0.05, 0.1) is 16.5 Å². The predicted molar refractivity (Wildman–Crippen MR) is 99.5 cm³/mol. The molecule has 0 fully saturated rings. The molecule has 132 valence electrons. The summed E-state index contributed by atoms with van der Waals surface area (Å²) < 4.78 is 5.81. The number of nitrogens with zero attached hydrogens (tertiary/aromatic N) is 2. The van der Waals surface area contributed by atoms with Crippen LogP contribution in [0.5, 0.6) is 0 Å². The molecular formula is C20H18N2O4. The van der Waals surface area contributed by atoms with E-state index in [-0.39, 0.29) is 17.6 Å². The summed E-state index contributed by atoms with van der Waals surface area (Å²) in [6, 6.07) is 15.6. The van der Waals surface area contributed by atoms with Crippen molar-refractivity contribution in [1.29, 1.82) is 0 Å². The molecule has 0 bridgehead atoms. The van der Waals surface area contributed by atoms with Gasteiger partial charge in [0.1, 0.15) is 11.3 Å². The second-order valence-corrected chi connectivity index (χ2v) is 5.96. The largest absolute Gasteiger partial charge is 0.459 e. The van der Waals surface area contributed by atoms with Crippen LogP contribution in [0.4, 0.5) is 5.69 Å². The van der Waals surface area contributed by atoms with Crippen molar-refractivity contribution in [2.75, 3.05) is 7.05 Å². The topological polar surface area (TPSA) is 76.6 Å². The minimum Gasteiger partial charge on any atom is -0.459 e. The number of amides is 1. The Balaban J connectivity index is 1.78. The standard InChI is InChI=1S/C20H18N2O4/c1-14(19-13-16-8-4-6-10-18(16)26-19)21(2)20(23)12-11-15-7-3-5-9-17(15)22(24)25/h3-14H,1-2H3/b12-11+/t14-/m1/s1. The molecule has 1 amide bonds. The van der Waals surface area contributed by atoms with Crippen LogP contribution in [0.15, 0.2) is 65.1 Å². The molecule has 3 rings (SSSR count). The first kappa shape index (κ1) is 17.4. The summed E-state index contributed by atoms with van der Waals surface area (Å²) in [5, 5.41) is 12.0. The van der Waals surface area contributed by atoms with E-state index in [1.54, 1.807) is 25.2 Å². The van der Waals surface area contributed by atoms with Crippen molar-refractivity contribution in [2.45, 2.75) is 13.0 Å². The first-order chi connectivity index (χ1) is 12.5. The molecule has 0 aliphatic carbocycles. The lowest BCUT2D eigenvalue weighted by atomic mass is 10.1. The monoisotopic (exact) mass is 350 g/mol. The SMILES string of the molecule is C[C@H](c1cc2ccccc2o1)N(C)C(=O)/C=C/c1ccccc1[N+](=O)[O-]. The molecule has 0 saturated carbocycles. The number of carbonyl (C=O) groups is 1. The van der Waals surface area contributed by atoms with Crippen LogP contribution in [-0.4, -0.2) is 22.8 Å². The molecule has 1 heterocycles. The molecule has 1 aromatic heterocycles. The normalized spacial score (nSPS) is 12.4. The van der Waals surface area contributed by atoms with Gasteiger partial charge in [-0.05, 0) is 31.2 Å². The molecule has 0 spiro atoms. The van der Waals surface area contributed by atoms with Gasteiger partial charge in [0, 0.05) is 24.6 Å². The summed E-state index contributed by atoms with van der Waals surface area (Å²) in [4.78, 5) is 24.6. The maximum Gasteiger partial charge on any atom is 0.276 e. The van der Waals surface area contributed by atoms with Crippen LogP contribution in [0.2, 0.25) is 0 Å². The van der Waals surface area contributed by atoms with E-state index in [1.807, 2.05) is 37.3 Å². The number of nitro benzene ring substituents is 1. The summed E-state index contributed by atoms with van der Waals surface area (Å²) >= 11 is 0. The average Bonchev–Trinajstić information content (AvgIpc) is 3.09. The van der Waals surface area contributed by atoms with Crippen molar-refractivity contribution in [3.8, 4) is 0 Å². The fraction of sp³-hybridized carbons (Fsp3) is 0.150. The van der Waals surface area contributed by atoms with Crippen LogP contribution < -0.4 is 0 Å². The number of rotatable bonds is 5. The Bertz CT molecular complexity index is 957. The van der Waals surface area contributed by atoms with Crippen molar-refractivity contribution in [3.05, 3.63) is 82.1 Å². The smallest absolute Gasteiger partial charge is 0.276 e. The number of likely N-dealkylation sites (N-methyl/N-ethyl adjacent to an activating group) is 1. The van der Waals surface area contributed by atoms with E-state index in [0.29, 0.717) is 11.3 Å². The highest BCUT2D eigenvalue weighted by Gasteiger charge is 2.19. The summed E-state index contributed by atoms with van der Waals surface area (Å²) in [5.41, 5.74) is 1.12. The number of furan rings is 1. The molecule has 3 aromatic rings. The Labute approximate surface area is 150 Å². The molecule has 6 nitrogen and oxygen atoms in total. The van der Waals surface area contributed by atoms with E-state index in [2.05, 4.69) is 0 Å². The second kappa shape index (κ2) is 7.23. The summed E-state index contributed by atoms with van der Waals surface area (Å²) in [5.74, 6) is 0.414. The van der Waals surface area contributed by atoms with E-state index in [1.165, 1.54) is 23.1 Å². The van der Waals surface area contributed by atoms with Gasteiger partial charge in [-0.25, -0.2) is 0 Å². The van der Waals surface area contributed by atoms with Crippen LogP contribution in [0, 0.1) is 10.1 Å². The molecule has 0 aliphatic rings. The van der Waals surface area contributed by atoms with Crippen LogP contribution in [-0.2, 0) is 4.79 Å². The first-order valence-electron chi connectivity index (χ1n) is 8.14. The number of benzene rings is 2. The minimum atomic E-state index is -0.467. The molecule has 2 aromatic carbocycles. The Kier molecular flexibility index (Phi) is 4.84. The van der Waals surface area contributed by atoms with Crippen molar-refractivity contribution in [1.82, 2.24) is 4.90 Å². The summed E-state index contributed by atoms with van der Waals surface area (Å²) in [6.45, 7) is 1.87. The second-order valence-electron chi connectivity index (χ2n) is 5.96. The zero-order chi connectivity index (χ0) is 18.7. The van der Waals surface area contributed by atoms with Crippen molar-refractivity contribution in [3.63, 3.8) is 0 Å². The third-order valence-electron chi connectivity index (χ3n) is 4.32. The molecule has 1 atom stereocenters. The Hall–Kier alpha value is -3.41. The van der Waals surface area contributed by atoms with Gasteiger partial charge in [-0.3, -0.25) is 14.9 Å². The zero-order valence-electron chi connectivity index (χ0n) is 14.5. The first-order valence-corrected chi connectivity index (χ1v) is 8.14. The highest BCUT2D eigenvalue weighted by atomic mass is 16.6. The molecular weight excluding hydrogens is 332 g/mol. The number of hydrogen-bond acceptors (Lipinski definition) is 4. The third kappa shape index (κ3) is 3.49. The number of carbonyl (C=O) groups excluding carboxylic acids is 1. The minimum absolute atomic E-state index is 0.0375. The van der Waals surface area contributed by atoms with Gasteiger partial charge >= 0.3 is 0 Å². The molecule has 0 N–H and O–H groups in total. The predicted octanol–water partition coefficient (Wildman–Crippen LogP) is 4.57. The maximum absolute atomic E-state index is 12.5. The number of hydrogen-bond donors (Lipinski definition) is 0. The van der Waals surface area contributed by atoms with Crippen LogP contribution in [0.25, 0.3) is 17.0 Å². The molecule has 6 heteroatoms. The Morgan fingerprint density at radius 3 is 2.62 bits per heavy atom. The van der Waals surface area contributed by atoms with Gasteiger partial charge in [-0.1, -0.05) is 30.3 Å². The van der Waals surface area contributed by atoms with Crippen LogP contribution in [0.3, 0.4) is 0 Å². The van der Waals surface area contributed by atoms with Crippen molar-refractivity contribution in [2.24, 2.45) is 0 Å². The molecule has 26 heavy (non-hydrogen) atoms. The molecule has 0 aliphatic heterocycles. The van der Waals surface area contributed by atoms with E-state index in [9.17, 15) is 14.9 Å². The van der Waals surface area contributed by atoms with Gasteiger partial charge < -0.3 is 9.32 Å². The van der Waals surface area contributed by atoms with Gasteiger partial charge in [-0.15, -0.1) is 0 Å². The lowest BCUT2D eigenvalue weighted by molar-refractivity contribution is -0.385. The molecule has 0 radical (unpaired) electrons. The van der Waals surface area contributed by atoms with Crippen molar-refractivity contribution >= 4 is 28.6 Å². The van der Waals surface area contributed by atoms with Crippen LogP contribution >= 0.6 is 0 Å². The highest BCUT2D eigenvalue weighted by Crippen LogP contribution is 2.27. The lowest BCUT2D eigenvalue weighted by Crippen LogP contribution is -2.27. The number of nitro groups is 1. The zero-order valence-corrected chi connectivity index (χ0v) is 14.5. The summed E-state index contributed by atoms with van der Waals surface area (Å²) in [7, 11) is 1.67. The number of para-hydroxylation sites is 2. The summed E-state index contributed by atoms with van der Waals surface area (Å²) in [6.07, 6.45) is 2.80. The lowest BCUT2D eigenvalue weighted by Gasteiger charge is -2.21. The fourth-order valence-corrected chi connectivity index (χ4v) is 2.66. The maximum atomic E-state index is 12.5. The Morgan fingerprint density at radius 1 is 1.19 bits per heavy atom. The third-order valence-corrected chi connectivity index (χ3v) is 4.32. The van der Waals surface area contributed by atoms with E-state index in [0.717, 1.165) is 11.0 Å². The quantitative estimate of drug-likeness (QED) is 0.383. The molecule has 0 saturated heterocycles. The van der Waals surface area contributed by atoms with Gasteiger partial charge in [0.2, 0.25) is 5.91 Å².